The molecule has 0 spiro atoms. The molecule has 2 rings (SSSR count). The number of nitrogens with one attached hydrogen (secondary N) is 2. The molecule has 5 heteroatoms. The Hall–Kier alpha value is -0.940. The van der Waals surface area contributed by atoms with Crippen molar-refractivity contribution in [2.45, 2.75) is 32.2 Å². The first kappa shape index (κ1) is 10.6. The average molecular weight is 210 g/mol. The molecule has 0 radical (unpaired) electrons. The topological polar surface area (TPSA) is 62.8 Å². The fourth-order valence-electron chi connectivity index (χ4n) is 1.87. The minimum Gasteiger partial charge on any atom is -0.379 e. The molecule has 1 aromatic heterocycles. The summed E-state index contributed by atoms with van der Waals surface area (Å²) >= 11 is 0. The number of aromatic nitrogens is 3. The highest BCUT2D eigenvalue weighted by Gasteiger charge is 2.31. The molecule has 2 atom stereocenters. The predicted molar refractivity (Wildman–Crippen MR) is 56.8 cm³/mol. The fraction of sp³-hybridized carbons (Fsp3) is 0.800. The van der Waals surface area contributed by atoms with Crippen molar-refractivity contribution in [3.8, 4) is 0 Å². The van der Waals surface area contributed by atoms with Gasteiger partial charge in [-0.25, -0.2) is 4.98 Å². The van der Waals surface area contributed by atoms with Crippen LogP contribution in [-0.4, -0.2) is 41.0 Å². The Morgan fingerprint density at radius 2 is 2.40 bits per heavy atom. The van der Waals surface area contributed by atoms with Crippen LogP contribution in [0.15, 0.2) is 0 Å². The molecule has 2 heterocycles. The van der Waals surface area contributed by atoms with E-state index >= 15 is 0 Å². The van der Waals surface area contributed by atoms with E-state index in [4.69, 9.17) is 4.74 Å². The number of rotatable bonds is 4. The Bertz CT molecular complexity index is 312. The van der Waals surface area contributed by atoms with Gasteiger partial charge in [0, 0.05) is 6.04 Å². The summed E-state index contributed by atoms with van der Waals surface area (Å²) in [5.41, 5.74) is 0. The van der Waals surface area contributed by atoms with E-state index < -0.39 is 0 Å². The minimum absolute atomic E-state index is 0.293. The number of hydrogen-bond donors (Lipinski definition) is 2. The molecule has 1 fully saturated rings. The van der Waals surface area contributed by atoms with E-state index in [9.17, 15) is 0 Å². The van der Waals surface area contributed by atoms with Crippen LogP contribution in [0.3, 0.4) is 0 Å². The van der Waals surface area contributed by atoms with Gasteiger partial charge in [0.2, 0.25) is 0 Å². The molecule has 15 heavy (non-hydrogen) atoms. The molecule has 0 aliphatic carbocycles. The summed E-state index contributed by atoms with van der Waals surface area (Å²) < 4.78 is 5.47. The number of aromatic amines is 1. The van der Waals surface area contributed by atoms with Gasteiger partial charge in [-0.05, 0) is 19.9 Å². The minimum atomic E-state index is 0.293. The average Bonchev–Trinajstić information content (AvgIpc) is 2.82. The van der Waals surface area contributed by atoms with Crippen molar-refractivity contribution < 1.29 is 4.74 Å². The summed E-state index contributed by atoms with van der Waals surface area (Å²) in [6.45, 7) is 6.58. The summed E-state index contributed by atoms with van der Waals surface area (Å²) in [7, 11) is 0. The van der Waals surface area contributed by atoms with E-state index in [2.05, 4.69) is 27.4 Å². The van der Waals surface area contributed by atoms with Crippen molar-refractivity contribution in [2.24, 2.45) is 0 Å². The SMILES string of the molecule is CCCNC1COCC1c1n[nH]c(C)n1. The highest BCUT2D eigenvalue weighted by molar-refractivity contribution is 5.04. The third-order valence-corrected chi connectivity index (χ3v) is 2.68. The van der Waals surface area contributed by atoms with E-state index in [1.54, 1.807) is 0 Å². The van der Waals surface area contributed by atoms with Gasteiger partial charge in [-0.2, -0.15) is 5.10 Å². The molecule has 2 N–H and O–H groups in total. The van der Waals surface area contributed by atoms with E-state index in [1.807, 2.05) is 6.92 Å². The van der Waals surface area contributed by atoms with Gasteiger partial charge in [0.1, 0.15) is 5.82 Å². The summed E-state index contributed by atoms with van der Waals surface area (Å²) in [5.74, 6) is 2.03. The first-order valence-corrected chi connectivity index (χ1v) is 5.51. The molecule has 1 aliphatic heterocycles. The molecular formula is C10H18N4O. The maximum atomic E-state index is 5.47. The van der Waals surface area contributed by atoms with Gasteiger partial charge in [-0.1, -0.05) is 6.92 Å². The largest absolute Gasteiger partial charge is 0.379 e. The standard InChI is InChI=1S/C10H18N4O/c1-3-4-11-9-6-15-5-8(9)10-12-7(2)13-14-10/h8-9,11H,3-6H2,1-2H3,(H,12,13,14). The molecule has 0 bridgehead atoms. The van der Waals surface area contributed by atoms with Gasteiger partial charge in [0.25, 0.3) is 0 Å². The quantitative estimate of drug-likeness (QED) is 0.763. The van der Waals surface area contributed by atoms with Crippen LogP contribution in [0, 0.1) is 6.92 Å². The van der Waals surface area contributed by atoms with E-state index in [1.165, 1.54) is 0 Å². The van der Waals surface area contributed by atoms with Crippen LogP contribution in [-0.2, 0) is 4.74 Å². The number of aryl methyl sites for hydroxylation is 1. The second-order valence-corrected chi connectivity index (χ2v) is 3.98. The molecule has 5 nitrogen and oxygen atoms in total. The number of nitrogens with zero attached hydrogens (tertiary/aromatic N) is 2. The van der Waals surface area contributed by atoms with Crippen molar-refractivity contribution in [3.05, 3.63) is 11.6 Å². The third kappa shape index (κ3) is 2.35. The van der Waals surface area contributed by atoms with Crippen LogP contribution in [0.4, 0.5) is 0 Å². The molecular weight excluding hydrogens is 192 g/mol. The normalized spacial score (nSPS) is 26.0. The monoisotopic (exact) mass is 210 g/mol. The Balaban J connectivity index is 2.01. The highest BCUT2D eigenvalue weighted by atomic mass is 16.5. The molecule has 0 saturated carbocycles. The predicted octanol–water partition coefficient (Wildman–Crippen LogP) is 0.595. The highest BCUT2D eigenvalue weighted by Crippen LogP contribution is 2.22. The Morgan fingerprint density at radius 3 is 3.07 bits per heavy atom. The van der Waals surface area contributed by atoms with Crippen LogP contribution in [0.1, 0.15) is 30.9 Å². The number of ether oxygens (including phenoxy) is 1. The smallest absolute Gasteiger partial charge is 0.157 e. The second-order valence-electron chi connectivity index (χ2n) is 3.98. The van der Waals surface area contributed by atoms with Gasteiger partial charge >= 0.3 is 0 Å². The molecule has 84 valence electrons. The van der Waals surface area contributed by atoms with Crippen LogP contribution < -0.4 is 5.32 Å². The maximum Gasteiger partial charge on any atom is 0.157 e. The van der Waals surface area contributed by atoms with Gasteiger partial charge in [-0.15, -0.1) is 0 Å². The second kappa shape index (κ2) is 4.72. The van der Waals surface area contributed by atoms with Crippen molar-refractivity contribution in [3.63, 3.8) is 0 Å². The third-order valence-electron chi connectivity index (χ3n) is 2.68. The van der Waals surface area contributed by atoms with Crippen LogP contribution >= 0.6 is 0 Å². The summed E-state index contributed by atoms with van der Waals surface area (Å²) in [4.78, 5) is 4.36. The van der Waals surface area contributed by atoms with Crippen molar-refractivity contribution >= 4 is 0 Å². The molecule has 1 aromatic rings. The number of hydrogen-bond acceptors (Lipinski definition) is 4. The lowest BCUT2D eigenvalue weighted by Gasteiger charge is -2.15. The van der Waals surface area contributed by atoms with E-state index in [-0.39, 0.29) is 0 Å². The molecule has 0 amide bonds. The molecule has 1 aliphatic rings. The van der Waals surface area contributed by atoms with Crippen molar-refractivity contribution in [1.29, 1.82) is 0 Å². The Labute approximate surface area is 89.6 Å². The van der Waals surface area contributed by atoms with Crippen LogP contribution in [0.25, 0.3) is 0 Å². The lowest BCUT2D eigenvalue weighted by atomic mass is 10.0. The zero-order chi connectivity index (χ0) is 10.7. The first-order chi connectivity index (χ1) is 7.31. The Morgan fingerprint density at radius 1 is 1.53 bits per heavy atom. The van der Waals surface area contributed by atoms with Gasteiger partial charge in [-0.3, -0.25) is 5.10 Å². The molecule has 1 saturated heterocycles. The Kier molecular flexibility index (Phi) is 3.33. The van der Waals surface area contributed by atoms with Crippen LogP contribution in [0.2, 0.25) is 0 Å². The summed E-state index contributed by atoms with van der Waals surface area (Å²) in [6, 6.07) is 0.361. The lowest BCUT2D eigenvalue weighted by molar-refractivity contribution is 0.187. The first-order valence-electron chi connectivity index (χ1n) is 5.51. The van der Waals surface area contributed by atoms with Crippen molar-refractivity contribution in [1.82, 2.24) is 20.5 Å². The summed E-state index contributed by atoms with van der Waals surface area (Å²) in [6.07, 6.45) is 1.14. The maximum absolute atomic E-state index is 5.47. The zero-order valence-electron chi connectivity index (χ0n) is 9.29. The number of H-pyrrole nitrogens is 1. The lowest BCUT2D eigenvalue weighted by Crippen LogP contribution is -2.35. The molecule has 0 aromatic carbocycles. The summed E-state index contributed by atoms with van der Waals surface area (Å²) in [5, 5.41) is 10.5. The van der Waals surface area contributed by atoms with Gasteiger partial charge < -0.3 is 10.1 Å². The van der Waals surface area contributed by atoms with Gasteiger partial charge in [0.05, 0.1) is 19.1 Å². The molecule has 2 unspecified atom stereocenters. The van der Waals surface area contributed by atoms with E-state index in [0.717, 1.165) is 37.8 Å². The van der Waals surface area contributed by atoms with E-state index in [0.29, 0.717) is 12.0 Å². The van der Waals surface area contributed by atoms with Crippen LogP contribution in [0.5, 0.6) is 0 Å². The van der Waals surface area contributed by atoms with Gasteiger partial charge in [0.15, 0.2) is 5.82 Å². The zero-order valence-corrected chi connectivity index (χ0v) is 9.29. The fourth-order valence-corrected chi connectivity index (χ4v) is 1.87. The van der Waals surface area contributed by atoms with Crippen molar-refractivity contribution in [2.75, 3.05) is 19.8 Å².